The molecular weight excluding hydrogens is 348 g/mol. The first-order valence-electron chi connectivity index (χ1n) is 8.07. The molecule has 1 saturated heterocycles. The van der Waals surface area contributed by atoms with E-state index in [4.69, 9.17) is 0 Å². The van der Waals surface area contributed by atoms with Crippen molar-refractivity contribution in [1.82, 2.24) is 4.90 Å². The van der Waals surface area contributed by atoms with E-state index in [1.165, 1.54) is 30.2 Å². The van der Waals surface area contributed by atoms with E-state index in [1.807, 2.05) is 0 Å². The highest BCUT2D eigenvalue weighted by Crippen LogP contribution is 2.41. The minimum atomic E-state index is -3.50. The Balaban J connectivity index is 2.06. The number of amides is 2. The van der Waals surface area contributed by atoms with Crippen LogP contribution in [0.15, 0.2) is 23.1 Å². The smallest absolute Gasteiger partial charge is 0.411 e. The molecule has 1 atom stereocenters. The molecule has 0 bridgehead atoms. The van der Waals surface area contributed by atoms with Crippen molar-refractivity contribution in [1.29, 1.82) is 0 Å². The summed E-state index contributed by atoms with van der Waals surface area (Å²) in [7, 11) is -2.27. The molecule has 136 valence electrons. The Bertz CT molecular complexity index is 803. The van der Waals surface area contributed by atoms with Gasteiger partial charge >= 0.3 is 12.2 Å². The number of carboxylic acid groups (broad SMARTS) is 1. The number of hydrogen-bond acceptors (Lipinski definition) is 5. The normalized spacial score (nSPS) is 20.4. The quantitative estimate of drug-likeness (QED) is 0.845. The van der Waals surface area contributed by atoms with E-state index in [9.17, 15) is 23.1 Å². The van der Waals surface area contributed by atoms with Gasteiger partial charge in [0.05, 0.1) is 23.3 Å². The molecule has 1 aliphatic heterocycles. The zero-order valence-corrected chi connectivity index (χ0v) is 14.6. The zero-order valence-electron chi connectivity index (χ0n) is 13.8. The molecule has 1 unspecified atom stereocenters. The first kappa shape index (κ1) is 17.5. The predicted octanol–water partition coefficient (Wildman–Crippen LogP) is 2.62. The van der Waals surface area contributed by atoms with Gasteiger partial charge in [-0.25, -0.2) is 18.0 Å². The van der Waals surface area contributed by atoms with Crippen LogP contribution in [-0.4, -0.2) is 49.5 Å². The van der Waals surface area contributed by atoms with Gasteiger partial charge in [0.25, 0.3) is 0 Å². The molecule has 25 heavy (non-hydrogen) atoms. The fourth-order valence-corrected chi connectivity index (χ4v) is 5.09. The molecule has 2 fully saturated rings. The molecule has 1 aromatic rings. The van der Waals surface area contributed by atoms with Crippen LogP contribution in [0, 0.1) is 0 Å². The lowest BCUT2D eigenvalue weighted by Gasteiger charge is -2.24. The van der Waals surface area contributed by atoms with Crippen LogP contribution in [0.3, 0.4) is 0 Å². The largest absolute Gasteiger partial charge is 0.465 e. The summed E-state index contributed by atoms with van der Waals surface area (Å²) in [5.74, 6) is 0. The van der Waals surface area contributed by atoms with E-state index in [0.717, 1.165) is 0 Å². The number of sulfone groups is 1. The summed E-state index contributed by atoms with van der Waals surface area (Å²) in [6.45, 7) is 0.359. The van der Waals surface area contributed by atoms with Gasteiger partial charge in [0.1, 0.15) is 0 Å². The fraction of sp³-hybridized carbons (Fsp3) is 0.500. The third-order valence-electron chi connectivity index (χ3n) is 4.57. The number of ether oxygens (including phenoxy) is 1. The van der Waals surface area contributed by atoms with Gasteiger partial charge in [0.2, 0.25) is 0 Å². The van der Waals surface area contributed by atoms with Crippen molar-refractivity contribution in [2.45, 2.75) is 41.9 Å². The molecule has 8 nitrogen and oxygen atoms in total. The Morgan fingerprint density at radius 3 is 2.60 bits per heavy atom. The summed E-state index contributed by atoms with van der Waals surface area (Å²) in [6.07, 6.45) is 0.693. The van der Waals surface area contributed by atoms with Gasteiger partial charge in [-0.2, -0.15) is 0 Å². The van der Waals surface area contributed by atoms with E-state index in [1.54, 1.807) is 0 Å². The van der Waals surface area contributed by atoms with Gasteiger partial charge in [0.15, 0.2) is 9.84 Å². The van der Waals surface area contributed by atoms with Crippen molar-refractivity contribution >= 4 is 27.7 Å². The molecule has 1 aromatic carbocycles. The molecule has 2 amide bonds. The van der Waals surface area contributed by atoms with Gasteiger partial charge < -0.3 is 14.7 Å². The van der Waals surface area contributed by atoms with E-state index < -0.39 is 33.3 Å². The second-order valence-corrected chi connectivity index (χ2v) is 8.44. The first-order chi connectivity index (χ1) is 11.8. The molecule has 9 heteroatoms. The molecule has 1 saturated carbocycles. The zero-order chi connectivity index (χ0) is 18.2. The lowest BCUT2D eigenvalue weighted by atomic mass is 10.0. The molecule has 3 rings (SSSR count). The highest BCUT2D eigenvalue weighted by atomic mass is 32.2. The molecule has 2 N–H and O–H groups in total. The van der Waals surface area contributed by atoms with Crippen molar-refractivity contribution < 1.29 is 27.9 Å². The number of methoxy groups -OCH3 is 1. The number of anilines is 1. The summed E-state index contributed by atoms with van der Waals surface area (Å²) in [5, 5.41) is 11.5. The Labute approximate surface area is 145 Å². The van der Waals surface area contributed by atoms with Crippen LogP contribution in [-0.2, 0) is 14.6 Å². The van der Waals surface area contributed by atoms with Gasteiger partial charge in [0, 0.05) is 12.2 Å². The molecule has 1 aliphatic carbocycles. The van der Waals surface area contributed by atoms with Crippen molar-refractivity contribution in [2.24, 2.45) is 0 Å². The van der Waals surface area contributed by atoms with Gasteiger partial charge in [-0.05, 0) is 49.4 Å². The highest BCUT2D eigenvalue weighted by molar-refractivity contribution is 7.92. The number of nitrogens with one attached hydrogen (secondary N) is 1. The lowest BCUT2D eigenvalue weighted by Crippen LogP contribution is -2.30. The second-order valence-electron chi connectivity index (χ2n) is 6.25. The topological polar surface area (TPSA) is 113 Å². The monoisotopic (exact) mass is 368 g/mol. The minimum Gasteiger partial charge on any atom is -0.465 e. The molecule has 1 heterocycles. The summed E-state index contributed by atoms with van der Waals surface area (Å²) in [5.41, 5.74) is 0.787. The average molecular weight is 368 g/mol. The van der Waals surface area contributed by atoms with Crippen molar-refractivity contribution in [3.63, 3.8) is 0 Å². The van der Waals surface area contributed by atoms with E-state index >= 15 is 0 Å². The van der Waals surface area contributed by atoms with E-state index in [0.29, 0.717) is 43.5 Å². The van der Waals surface area contributed by atoms with Crippen molar-refractivity contribution in [2.75, 3.05) is 19.0 Å². The van der Waals surface area contributed by atoms with Crippen LogP contribution < -0.4 is 5.32 Å². The number of rotatable bonds is 4. The maximum absolute atomic E-state index is 12.8. The Kier molecular flexibility index (Phi) is 4.59. The van der Waals surface area contributed by atoms with Crippen molar-refractivity contribution in [3.05, 3.63) is 23.8 Å². The Hall–Kier alpha value is -2.29. The van der Waals surface area contributed by atoms with Gasteiger partial charge in [-0.1, -0.05) is 0 Å². The Morgan fingerprint density at radius 1 is 1.28 bits per heavy atom. The maximum atomic E-state index is 12.8. The minimum absolute atomic E-state index is 0.156. The fourth-order valence-electron chi connectivity index (χ4n) is 3.19. The Morgan fingerprint density at radius 2 is 2.00 bits per heavy atom. The highest BCUT2D eigenvalue weighted by Gasteiger charge is 2.41. The maximum Gasteiger partial charge on any atom is 0.411 e. The standard InChI is InChI=1S/C16H20N2O6S/c1-24-15(19)17-10-4-7-14(25(22,23)11-5-6-11)12(9-10)13-3-2-8-18(13)16(20)21/h4,7,9,11,13H,2-3,5-6,8H2,1H3,(H,17,19)(H,20,21). The predicted molar refractivity (Wildman–Crippen MR) is 89.4 cm³/mol. The number of hydrogen-bond donors (Lipinski definition) is 2. The van der Waals surface area contributed by atoms with Crippen LogP contribution >= 0.6 is 0 Å². The summed E-state index contributed by atoms with van der Waals surface area (Å²) in [6, 6.07) is 3.95. The van der Waals surface area contributed by atoms with Crippen LogP contribution in [0.1, 0.15) is 37.3 Å². The number of benzene rings is 1. The summed E-state index contributed by atoms with van der Waals surface area (Å²) in [4.78, 5) is 24.3. The van der Waals surface area contributed by atoms with Gasteiger partial charge in [-0.15, -0.1) is 0 Å². The number of carbonyl (C=O) groups excluding carboxylic acids is 1. The summed E-state index contributed by atoms with van der Waals surface area (Å²) < 4.78 is 30.1. The number of nitrogens with zero attached hydrogens (tertiary/aromatic N) is 1. The lowest BCUT2D eigenvalue weighted by molar-refractivity contribution is 0.140. The SMILES string of the molecule is COC(=O)Nc1ccc(S(=O)(=O)C2CC2)c(C2CCCN2C(=O)O)c1. The molecule has 0 radical (unpaired) electrons. The van der Waals surface area contributed by atoms with E-state index in [2.05, 4.69) is 10.1 Å². The third-order valence-corrected chi connectivity index (χ3v) is 6.90. The van der Waals surface area contributed by atoms with Crippen LogP contribution in [0.2, 0.25) is 0 Å². The van der Waals surface area contributed by atoms with Crippen LogP contribution in [0.5, 0.6) is 0 Å². The van der Waals surface area contributed by atoms with Crippen LogP contribution in [0.25, 0.3) is 0 Å². The molecule has 0 aromatic heterocycles. The first-order valence-corrected chi connectivity index (χ1v) is 9.61. The number of carbonyl (C=O) groups is 2. The second kappa shape index (κ2) is 6.55. The average Bonchev–Trinajstić information content (AvgIpc) is 3.32. The third kappa shape index (κ3) is 3.41. The molecule has 0 spiro atoms. The van der Waals surface area contributed by atoms with Gasteiger partial charge in [-0.3, -0.25) is 5.32 Å². The molecular formula is C16H20N2O6S. The van der Waals surface area contributed by atoms with Crippen LogP contribution in [0.4, 0.5) is 15.3 Å². The number of likely N-dealkylation sites (tertiary alicyclic amines) is 1. The molecule has 2 aliphatic rings. The van der Waals surface area contributed by atoms with E-state index in [-0.39, 0.29) is 4.90 Å². The summed E-state index contributed by atoms with van der Waals surface area (Å²) >= 11 is 0. The van der Waals surface area contributed by atoms with Crippen molar-refractivity contribution in [3.8, 4) is 0 Å².